The van der Waals surface area contributed by atoms with Crippen molar-refractivity contribution in [2.45, 2.75) is 45.6 Å². The van der Waals surface area contributed by atoms with Gasteiger partial charge >= 0.3 is 0 Å². The predicted octanol–water partition coefficient (Wildman–Crippen LogP) is 1.97. The molecule has 1 aromatic rings. The highest BCUT2D eigenvalue weighted by Gasteiger charge is 2.38. The third-order valence-electron chi connectivity index (χ3n) is 3.73. The van der Waals surface area contributed by atoms with Crippen LogP contribution in [0, 0.1) is 6.92 Å². The summed E-state index contributed by atoms with van der Waals surface area (Å²) in [4.78, 5) is 9.15. The van der Waals surface area contributed by atoms with Crippen LogP contribution < -0.4 is 5.73 Å². The average Bonchev–Trinajstić information content (AvgIpc) is 2.40. The molecule has 0 bridgehead atoms. The van der Waals surface area contributed by atoms with Gasteiger partial charge in [0.15, 0.2) is 5.82 Å². The summed E-state index contributed by atoms with van der Waals surface area (Å²) >= 11 is 0. The lowest BCUT2D eigenvalue weighted by Gasteiger charge is -2.35. The maximum Gasteiger partial charge on any atom is 0.163 e. The van der Waals surface area contributed by atoms with Crippen LogP contribution in [0.4, 0.5) is 5.82 Å². The third kappa shape index (κ3) is 2.72. The number of anilines is 1. The van der Waals surface area contributed by atoms with E-state index in [0.29, 0.717) is 31.5 Å². The summed E-state index contributed by atoms with van der Waals surface area (Å²) in [5.74, 6) is 1.29. The lowest BCUT2D eigenvalue weighted by atomic mass is 9.92. The topological polar surface area (TPSA) is 70.3 Å². The highest BCUT2D eigenvalue weighted by atomic mass is 16.5. The lowest BCUT2D eigenvalue weighted by molar-refractivity contribution is -0.117. The van der Waals surface area contributed by atoms with Gasteiger partial charge in [-0.15, -0.1) is 0 Å². The zero-order chi connectivity index (χ0) is 13.9. The minimum absolute atomic E-state index is 0.432. The van der Waals surface area contributed by atoms with Gasteiger partial charge in [0.05, 0.1) is 0 Å². The van der Waals surface area contributed by atoms with Crippen LogP contribution in [0.1, 0.15) is 43.8 Å². The fourth-order valence-electron chi connectivity index (χ4n) is 2.67. The van der Waals surface area contributed by atoms with Crippen molar-refractivity contribution < 1.29 is 9.47 Å². The van der Waals surface area contributed by atoms with Crippen LogP contribution in [-0.4, -0.2) is 29.8 Å². The molecule has 0 saturated carbocycles. The summed E-state index contributed by atoms with van der Waals surface area (Å²) in [6.45, 7) is 8.04. The first-order chi connectivity index (χ1) is 9.13. The van der Waals surface area contributed by atoms with Crippen molar-refractivity contribution >= 4 is 5.82 Å². The average molecular weight is 265 g/mol. The van der Waals surface area contributed by atoms with Crippen molar-refractivity contribution in [3.63, 3.8) is 0 Å². The van der Waals surface area contributed by atoms with E-state index < -0.39 is 5.60 Å². The quantitative estimate of drug-likeness (QED) is 0.901. The van der Waals surface area contributed by atoms with E-state index in [1.807, 2.05) is 13.8 Å². The second kappa shape index (κ2) is 5.84. The van der Waals surface area contributed by atoms with Crippen molar-refractivity contribution in [1.82, 2.24) is 9.97 Å². The van der Waals surface area contributed by atoms with Crippen LogP contribution in [0.15, 0.2) is 0 Å². The van der Waals surface area contributed by atoms with Gasteiger partial charge in [-0.25, -0.2) is 9.97 Å². The number of hydrogen-bond acceptors (Lipinski definition) is 5. The van der Waals surface area contributed by atoms with E-state index >= 15 is 0 Å². The summed E-state index contributed by atoms with van der Waals surface area (Å²) in [5, 5.41) is 0. The molecule has 2 heterocycles. The van der Waals surface area contributed by atoms with Crippen LogP contribution >= 0.6 is 0 Å². The van der Waals surface area contributed by atoms with Crippen molar-refractivity contribution in [3.8, 4) is 0 Å². The van der Waals surface area contributed by atoms with Crippen LogP contribution in [0.2, 0.25) is 0 Å². The fourth-order valence-corrected chi connectivity index (χ4v) is 2.67. The Bertz CT molecular complexity index is 414. The zero-order valence-corrected chi connectivity index (χ0v) is 12.0. The Morgan fingerprint density at radius 3 is 2.47 bits per heavy atom. The number of nitrogen functional groups attached to an aromatic ring is 1. The smallest absolute Gasteiger partial charge is 0.163 e. The molecule has 0 radical (unpaired) electrons. The molecule has 1 aromatic heterocycles. The molecule has 1 aliphatic heterocycles. The van der Waals surface area contributed by atoms with Gasteiger partial charge in [0.1, 0.15) is 11.4 Å². The van der Waals surface area contributed by atoms with Crippen LogP contribution in [0.3, 0.4) is 0 Å². The molecule has 106 valence electrons. The molecule has 0 aromatic carbocycles. The molecule has 1 aliphatic rings. The van der Waals surface area contributed by atoms with E-state index in [1.165, 1.54) is 0 Å². The number of ether oxygens (including phenoxy) is 2. The van der Waals surface area contributed by atoms with Crippen LogP contribution in [0.25, 0.3) is 0 Å². The number of hydrogen-bond donors (Lipinski definition) is 1. The van der Waals surface area contributed by atoms with Crippen molar-refractivity contribution in [3.05, 3.63) is 17.1 Å². The first-order valence-electron chi connectivity index (χ1n) is 6.98. The van der Waals surface area contributed by atoms with E-state index in [9.17, 15) is 0 Å². The minimum Gasteiger partial charge on any atom is -0.383 e. The van der Waals surface area contributed by atoms with Gasteiger partial charge in [0.2, 0.25) is 0 Å². The van der Waals surface area contributed by atoms with Crippen molar-refractivity contribution in [2.24, 2.45) is 0 Å². The highest BCUT2D eigenvalue weighted by molar-refractivity contribution is 5.42. The Morgan fingerprint density at radius 1 is 1.26 bits per heavy atom. The second-order valence-electron chi connectivity index (χ2n) is 4.89. The van der Waals surface area contributed by atoms with Gasteiger partial charge in [0, 0.05) is 43.9 Å². The normalized spacial score (nSPS) is 18.5. The summed E-state index contributed by atoms with van der Waals surface area (Å²) in [6.07, 6.45) is 2.42. The van der Waals surface area contributed by atoms with Gasteiger partial charge in [-0.2, -0.15) is 0 Å². The molecule has 1 saturated heterocycles. The Morgan fingerprint density at radius 2 is 1.95 bits per heavy atom. The molecule has 19 heavy (non-hydrogen) atoms. The van der Waals surface area contributed by atoms with E-state index in [1.54, 1.807) is 0 Å². The number of nitrogens with zero attached hydrogens (tertiary/aromatic N) is 2. The molecule has 5 heteroatoms. The first-order valence-corrected chi connectivity index (χ1v) is 6.98. The Balaban J connectivity index is 2.42. The summed E-state index contributed by atoms with van der Waals surface area (Å²) in [7, 11) is 0. The number of aryl methyl sites for hydroxylation is 1. The molecule has 0 aliphatic carbocycles. The molecular formula is C14H23N3O2. The van der Waals surface area contributed by atoms with Gasteiger partial charge in [-0.3, -0.25) is 0 Å². The second-order valence-corrected chi connectivity index (χ2v) is 4.89. The van der Waals surface area contributed by atoms with E-state index in [-0.39, 0.29) is 0 Å². The van der Waals surface area contributed by atoms with Gasteiger partial charge < -0.3 is 15.2 Å². The standard InChI is InChI=1S/C14H23N3O2/c1-4-11-10(3)16-13(17-12(11)15)14(19-5-2)6-8-18-9-7-14/h4-9H2,1-3H3,(H2,15,16,17). The molecule has 2 N–H and O–H groups in total. The van der Waals surface area contributed by atoms with Crippen molar-refractivity contribution in [1.29, 1.82) is 0 Å². The largest absolute Gasteiger partial charge is 0.383 e. The Kier molecular flexibility index (Phi) is 4.37. The Hall–Kier alpha value is -1.20. The molecule has 0 spiro atoms. The molecule has 2 rings (SSSR count). The molecule has 5 nitrogen and oxygen atoms in total. The zero-order valence-electron chi connectivity index (χ0n) is 12.0. The van der Waals surface area contributed by atoms with E-state index in [4.69, 9.17) is 15.2 Å². The van der Waals surface area contributed by atoms with Gasteiger partial charge in [-0.1, -0.05) is 6.92 Å². The summed E-state index contributed by atoms with van der Waals surface area (Å²) in [5.41, 5.74) is 7.61. The van der Waals surface area contributed by atoms with Gasteiger partial charge in [-0.05, 0) is 20.3 Å². The SMILES string of the molecule is CCOC1(c2nc(C)c(CC)c(N)n2)CCOCC1. The first kappa shape index (κ1) is 14.2. The third-order valence-corrected chi connectivity index (χ3v) is 3.73. The Labute approximate surface area is 114 Å². The van der Waals surface area contributed by atoms with E-state index in [0.717, 1.165) is 30.5 Å². The number of aromatic nitrogens is 2. The van der Waals surface area contributed by atoms with Crippen LogP contribution in [-0.2, 0) is 21.5 Å². The maximum absolute atomic E-state index is 6.06. The lowest BCUT2D eigenvalue weighted by Crippen LogP contribution is -2.38. The molecule has 0 unspecified atom stereocenters. The predicted molar refractivity (Wildman–Crippen MR) is 73.9 cm³/mol. The van der Waals surface area contributed by atoms with E-state index in [2.05, 4.69) is 16.9 Å². The van der Waals surface area contributed by atoms with Gasteiger partial charge in [0.25, 0.3) is 0 Å². The fraction of sp³-hybridized carbons (Fsp3) is 0.714. The molecular weight excluding hydrogens is 242 g/mol. The summed E-state index contributed by atoms with van der Waals surface area (Å²) in [6, 6.07) is 0. The number of nitrogens with two attached hydrogens (primary N) is 1. The monoisotopic (exact) mass is 265 g/mol. The van der Waals surface area contributed by atoms with Crippen LogP contribution in [0.5, 0.6) is 0 Å². The summed E-state index contributed by atoms with van der Waals surface area (Å²) < 4.78 is 11.4. The molecule has 0 atom stereocenters. The molecule has 0 amide bonds. The minimum atomic E-state index is -0.432. The highest BCUT2D eigenvalue weighted by Crippen LogP contribution is 2.35. The maximum atomic E-state index is 6.06. The number of rotatable bonds is 4. The molecule has 1 fully saturated rings. The van der Waals surface area contributed by atoms with Crippen molar-refractivity contribution in [2.75, 3.05) is 25.6 Å².